The van der Waals surface area contributed by atoms with Crippen LogP contribution in [0, 0.1) is 12.8 Å². The number of amides is 1. The largest absolute Gasteiger partial charge is 0.393 e. The minimum Gasteiger partial charge on any atom is -0.393 e. The molecule has 0 aromatic heterocycles. The van der Waals surface area contributed by atoms with Crippen molar-refractivity contribution in [2.45, 2.75) is 37.7 Å². The molecule has 1 aliphatic heterocycles. The fourth-order valence-corrected chi connectivity index (χ4v) is 3.51. The van der Waals surface area contributed by atoms with Gasteiger partial charge in [0.05, 0.1) is 11.9 Å². The molecular weight excluding hydrogens is 270 g/mol. The van der Waals surface area contributed by atoms with E-state index in [9.17, 15) is 9.90 Å². The lowest BCUT2D eigenvalue weighted by molar-refractivity contribution is -0.130. The number of aryl methyl sites for hydroxylation is 1. The molecule has 0 bridgehead atoms. The lowest BCUT2D eigenvalue weighted by Crippen LogP contribution is -2.43. The molecule has 2 atom stereocenters. The number of likely N-dealkylation sites (tertiary alicyclic amines) is 1. The van der Waals surface area contributed by atoms with Crippen molar-refractivity contribution in [1.29, 1.82) is 0 Å². The molecule has 4 heteroatoms. The minimum atomic E-state index is -0.324. The van der Waals surface area contributed by atoms with Crippen molar-refractivity contribution in [2.24, 2.45) is 5.92 Å². The fraction of sp³-hybridized carbons (Fsp3) is 0.562. The third kappa shape index (κ3) is 4.00. The van der Waals surface area contributed by atoms with Crippen LogP contribution in [0.1, 0.15) is 25.3 Å². The number of carbonyl (C=O) groups excluding carboxylic acids is 1. The monoisotopic (exact) mass is 293 g/mol. The van der Waals surface area contributed by atoms with Gasteiger partial charge in [-0.25, -0.2) is 0 Å². The Balaban J connectivity index is 1.87. The Kier molecular flexibility index (Phi) is 5.49. The van der Waals surface area contributed by atoms with Gasteiger partial charge in [-0.05, 0) is 38.3 Å². The van der Waals surface area contributed by atoms with Crippen molar-refractivity contribution in [3.63, 3.8) is 0 Å². The van der Waals surface area contributed by atoms with Crippen molar-refractivity contribution in [1.82, 2.24) is 4.90 Å². The third-order valence-electron chi connectivity index (χ3n) is 3.94. The number of benzene rings is 1. The average molecular weight is 293 g/mol. The van der Waals surface area contributed by atoms with Crippen LogP contribution in [0.2, 0.25) is 0 Å². The maximum absolute atomic E-state index is 12.3. The molecule has 0 spiro atoms. The van der Waals surface area contributed by atoms with Crippen LogP contribution >= 0.6 is 11.8 Å². The number of hydrogen-bond donors (Lipinski definition) is 1. The Bertz CT molecular complexity index is 462. The summed E-state index contributed by atoms with van der Waals surface area (Å²) in [6.07, 6.45) is 1.69. The van der Waals surface area contributed by atoms with Crippen molar-refractivity contribution < 1.29 is 9.90 Å². The van der Waals surface area contributed by atoms with Crippen LogP contribution in [0.25, 0.3) is 0 Å². The molecule has 110 valence electrons. The zero-order valence-corrected chi connectivity index (χ0v) is 13.0. The molecule has 0 radical (unpaired) electrons. The molecule has 1 saturated heterocycles. The van der Waals surface area contributed by atoms with Crippen LogP contribution < -0.4 is 0 Å². The maximum Gasteiger partial charge on any atom is 0.232 e. The molecule has 1 N–H and O–H groups in total. The summed E-state index contributed by atoms with van der Waals surface area (Å²) in [5, 5.41) is 9.68. The summed E-state index contributed by atoms with van der Waals surface area (Å²) in [5.74, 6) is 0.900. The Morgan fingerprint density at radius 2 is 2.25 bits per heavy atom. The summed E-state index contributed by atoms with van der Waals surface area (Å²) in [5.41, 5.74) is 1.21. The molecule has 1 heterocycles. The van der Waals surface area contributed by atoms with Crippen molar-refractivity contribution in [2.75, 3.05) is 18.8 Å². The number of piperidine rings is 1. The van der Waals surface area contributed by atoms with Crippen molar-refractivity contribution >= 4 is 17.7 Å². The Labute approximate surface area is 125 Å². The second kappa shape index (κ2) is 7.14. The number of aliphatic hydroxyl groups excluding tert-OH is 1. The average Bonchev–Trinajstić information content (AvgIpc) is 2.46. The van der Waals surface area contributed by atoms with E-state index < -0.39 is 0 Å². The van der Waals surface area contributed by atoms with Gasteiger partial charge in [-0.2, -0.15) is 0 Å². The quantitative estimate of drug-likeness (QED) is 0.868. The smallest absolute Gasteiger partial charge is 0.232 e. The van der Waals surface area contributed by atoms with Gasteiger partial charge < -0.3 is 10.0 Å². The fourth-order valence-electron chi connectivity index (χ4n) is 2.58. The van der Waals surface area contributed by atoms with E-state index in [4.69, 9.17) is 0 Å². The lowest BCUT2D eigenvalue weighted by Gasteiger charge is -2.34. The topological polar surface area (TPSA) is 40.5 Å². The van der Waals surface area contributed by atoms with Gasteiger partial charge in [0.2, 0.25) is 5.91 Å². The first-order valence-corrected chi connectivity index (χ1v) is 8.20. The highest BCUT2D eigenvalue weighted by molar-refractivity contribution is 8.00. The molecular formula is C16H23NO2S. The number of rotatable bonds is 4. The normalized spacial score (nSPS) is 20.8. The van der Waals surface area contributed by atoms with Gasteiger partial charge in [0.25, 0.3) is 0 Å². The second-order valence-corrected chi connectivity index (χ2v) is 6.55. The molecule has 1 fully saturated rings. The Morgan fingerprint density at radius 3 is 2.95 bits per heavy atom. The highest BCUT2D eigenvalue weighted by Gasteiger charge is 2.26. The number of hydrogen-bond acceptors (Lipinski definition) is 3. The van der Waals surface area contributed by atoms with Crippen LogP contribution in [0.4, 0.5) is 0 Å². The maximum atomic E-state index is 12.3. The lowest BCUT2D eigenvalue weighted by atomic mass is 9.93. The predicted molar refractivity (Wildman–Crippen MR) is 82.9 cm³/mol. The number of carbonyl (C=O) groups is 1. The van der Waals surface area contributed by atoms with Crippen LogP contribution in [0.15, 0.2) is 29.2 Å². The zero-order chi connectivity index (χ0) is 14.5. The zero-order valence-electron chi connectivity index (χ0n) is 12.2. The van der Waals surface area contributed by atoms with E-state index in [1.54, 1.807) is 11.8 Å². The molecule has 1 aromatic rings. The van der Waals surface area contributed by atoms with E-state index in [-0.39, 0.29) is 17.9 Å². The van der Waals surface area contributed by atoms with E-state index >= 15 is 0 Å². The van der Waals surface area contributed by atoms with Crippen LogP contribution in [-0.2, 0) is 4.79 Å². The summed E-state index contributed by atoms with van der Waals surface area (Å²) in [6.45, 7) is 5.42. The standard InChI is InChI=1S/C16H23NO2S/c1-12-6-3-4-8-15(12)20-11-16(19)17-9-5-7-14(10-17)13(2)18/h3-4,6,8,13-14,18H,5,7,9-11H2,1-2H3. The molecule has 3 nitrogen and oxygen atoms in total. The molecule has 20 heavy (non-hydrogen) atoms. The second-order valence-electron chi connectivity index (χ2n) is 5.54. The first kappa shape index (κ1) is 15.4. The highest BCUT2D eigenvalue weighted by atomic mass is 32.2. The number of thioether (sulfide) groups is 1. The first-order chi connectivity index (χ1) is 9.58. The highest BCUT2D eigenvalue weighted by Crippen LogP contribution is 2.24. The third-order valence-corrected chi connectivity index (χ3v) is 5.10. The molecule has 2 unspecified atom stereocenters. The summed E-state index contributed by atoms with van der Waals surface area (Å²) in [4.78, 5) is 15.4. The first-order valence-electron chi connectivity index (χ1n) is 7.22. The van der Waals surface area contributed by atoms with E-state index in [1.807, 2.05) is 24.0 Å². The molecule has 1 amide bonds. The van der Waals surface area contributed by atoms with Gasteiger partial charge >= 0.3 is 0 Å². The summed E-state index contributed by atoms with van der Waals surface area (Å²) >= 11 is 1.60. The molecule has 0 aliphatic carbocycles. The van der Waals surface area contributed by atoms with Gasteiger partial charge in [-0.3, -0.25) is 4.79 Å². The number of nitrogens with zero attached hydrogens (tertiary/aromatic N) is 1. The summed E-state index contributed by atoms with van der Waals surface area (Å²) < 4.78 is 0. The van der Waals surface area contributed by atoms with Crippen molar-refractivity contribution in [3.8, 4) is 0 Å². The van der Waals surface area contributed by atoms with E-state index in [0.717, 1.165) is 19.4 Å². The van der Waals surface area contributed by atoms with Gasteiger partial charge in [0, 0.05) is 23.9 Å². The molecule has 1 aromatic carbocycles. The van der Waals surface area contributed by atoms with E-state index in [1.165, 1.54) is 10.5 Å². The minimum absolute atomic E-state index is 0.184. The number of aliphatic hydroxyl groups is 1. The van der Waals surface area contributed by atoms with E-state index in [2.05, 4.69) is 19.1 Å². The van der Waals surface area contributed by atoms with E-state index in [0.29, 0.717) is 12.3 Å². The van der Waals surface area contributed by atoms with Gasteiger partial charge in [-0.15, -0.1) is 11.8 Å². The van der Waals surface area contributed by atoms with Gasteiger partial charge in [0.15, 0.2) is 0 Å². The van der Waals surface area contributed by atoms with Crippen molar-refractivity contribution in [3.05, 3.63) is 29.8 Å². The van der Waals surface area contributed by atoms with Gasteiger partial charge in [0.1, 0.15) is 0 Å². The SMILES string of the molecule is Cc1ccccc1SCC(=O)N1CCCC(C(C)O)C1. The Hall–Kier alpha value is -1.00. The summed E-state index contributed by atoms with van der Waals surface area (Å²) in [7, 11) is 0. The van der Waals surface area contributed by atoms with Crippen LogP contribution in [-0.4, -0.2) is 40.9 Å². The Morgan fingerprint density at radius 1 is 1.50 bits per heavy atom. The van der Waals surface area contributed by atoms with Crippen LogP contribution in [0.3, 0.4) is 0 Å². The summed E-state index contributed by atoms with van der Waals surface area (Å²) in [6, 6.07) is 8.14. The molecule has 0 saturated carbocycles. The predicted octanol–water partition coefficient (Wildman–Crippen LogP) is 2.71. The van der Waals surface area contributed by atoms with Gasteiger partial charge in [-0.1, -0.05) is 18.2 Å². The van der Waals surface area contributed by atoms with Crippen LogP contribution in [0.5, 0.6) is 0 Å². The molecule has 1 aliphatic rings. The molecule has 2 rings (SSSR count).